The van der Waals surface area contributed by atoms with Gasteiger partial charge >= 0.3 is 0 Å². The van der Waals surface area contributed by atoms with E-state index in [0.717, 1.165) is 30.7 Å². The van der Waals surface area contributed by atoms with E-state index in [4.69, 9.17) is 16.2 Å². The molecule has 1 fully saturated rings. The number of benzene rings is 2. The third kappa shape index (κ3) is 3.82. The third-order valence-electron chi connectivity index (χ3n) is 4.87. The molecule has 128 valence electrons. The van der Waals surface area contributed by atoms with E-state index in [9.17, 15) is 0 Å². The summed E-state index contributed by atoms with van der Waals surface area (Å²) in [7, 11) is 1.74. The first-order valence-electron chi connectivity index (χ1n) is 8.68. The number of ether oxygens (including phenoxy) is 1. The molecule has 3 rings (SSSR count). The number of rotatable bonds is 6. The fourth-order valence-corrected chi connectivity index (χ4v) is 3.40. The van der Waals surface area contributed by atoms with E-state index in [-0.39, 0.29) is 0 Å². The summed E-state index contributed by atoms with van der Waals surface area (Å²) in [5.41, 5.74) is 16.8. The number of anilines is 2. The molecule has 2 aromatic carbocycles. The van der Waals surface area contributed by atoms with Crippen LogP contribution in [0.4, 0.5) is 11.4 Å². The minimum Gasteiger partial charge on any atom is -0.496 e. The second-order valence-electron chi connectivity index (χ2n) is 6.54. The lowest BCUT2D eigenvalue weighted by molar-refractivity contribution is 0.339. The second-order valence-corrected chi connectivity index (χ2v) is 6.54. The average molecular weight is 325 g/mol. The van der Waals surface area contributed by atoms with E-state index in [2.05, 4.69) is 23.1 Å². The average Bonchev–Trinajstić information content (AvgIpc) is 3.11. The molecule has 2 aromatic rings. The van der Waals surface area contributed by atoms with Crippen molar-refractivity contribution in [2.45, 2.75) is 25.7 Å². The molecule has 0 saturated carbocycles. The van der Waals surface area contributed by atoms with E-state index < -0.39 is 0 Å². The van der Waals surface area contributed by atoms with Crippen LogP contribution in [0.2, 0.25) is 0 Å². The Balaban J connectivity index is 1.72. The summed E-state index contributed by atoms with van der Waals surface area (Å²) in [4.78, 5) is 2.53. The highest BCUT2D eigenvalue weighted by Crippen LogP contribution is 2.26. The maximum atomic E-state index is 6.09. The van der Waals surface area contributed by atoms with Gasteiger partial charge in [-0.3, -0.25) is 0 Å². The van der Waals surface area contributed by atoms with Crippen LogP contribution in [0.1, 0.15) is 29.5 Å². The van der Waals surface area contributed by atoms with E-state index in [0.29, 0.717) is 11.4 Å². The SMILES string of the molecule is COc1cc(Cc2cccc(N)c2N)ccc1CCN1CCCC1. The monoisotopic (exact) mass is 325 g/mol. The van der Waals surface area contributed by atoms with Gasteiger partial charge in [-0.1, -0.05) is 24.3 Å². The minimum atomic E-state index is 0.640. The summed E-state index contributed by atoms with van der Waals surface area (Å²) >= 11 is 0. The second kappa shape index (κ2) is 7.58. The number of hydrogen-bond acceptors (Lipinski definition) is 4. The maximum Gasteiger partial charge on any atom is 0.122 e. The molecular formula is C20H27N3O. The number of nitrogen functional groups attached to an aromatic ring is 2. The highest BCUT2D eigenvalue weighted by molar-refractivity contribution is 5.67. The van der Waals surface area contributed by atoms with Gasteiger partial charge < -0.3 is 21.1 Å². The third-order valence-corrected chi connectivity index (χ3v) is 4.87. The molecule has 0 aromatic heterocycles. The lowest BCUT2D eigenvalue weighted by Gasteiger charge is -2.16. The summed E-state index contributed by atoms with van der Waals surface area (Å²) in [6, 6.07) is 12.3. The summed E-state index contributed by atoms with van der Waals surface area (Å²) in [5, 5.41) is 0. The first-order valence-corrected chi connectivity index (χ1v) is 8.68. The van der Waals surface area contributed by atoms with Crippen LogP contribution >= 0.6 is 0 Å². The van der Waals surface area contributed by atoms with Crippen molar-refractivity contribution in [1.82, 2.24) is 4.90 Å². The van der Waals surface area contributed by atoms with Gasteiger partial charge in [-0.05, 0) is 67.6 Å². The summed E-state index contributed by atoms with van der Waals surface area (Å²) < 4.78 is 5.62. The minimum absolute atomic E-state index is 0.640. The van der Waals surface area contributed by atoms with Crippen LogP contribution in [-0.2, 0) is 12.8 Å². The van der Waals surface area contributed by atoms with Crippen molar-refractivity contribution in [2.24, 2.45) is 0 Å². The van der Waals surface area contributed by atoms with Crippen molar-refractivity contribution >= 4 is 11.4 Å². The zero-order chi connectivity index (χ0) is 16.9. The topological polar surface area (TPSA) is 64.5 Å². The van der Waals surface area contributed by atoms with Gasteiger partial charge in [0.05, 0.1) is 18.5 Å². The van der Waals surface area contributed by atoms with Crippen molar-refractivity contribution in [3.63, 3.8) is 0 Å². The molecule has 0 bridgehead atoms. The zero-order valence-electron chi connectivity index (χ0n) is 14.4. The van der Waals surface area contributed by atoms with Crippen molar-refractivity contribution in [3.05, 3.63) is 53.1 Å². The van der Waals surface area contributed by atoms with Crippen LogP contribution in [0, 0.1) is 0 Å². The van der Waals surface area contributed by atoms with Crippen molar-refractivity contribution in [3.8, 4) is 5.75 Å². The van der Waals surface area contributed by atoms with Gasteiger partial charge in [0.1, 0.15) is 5.75 Å². The summed E-state index contributed by atoms with van der Waals surface area (Å²) in [5.74, 6) is 0.967. The smallest absolute Gasteiger partial charge is 0.122 e. The van der Waals surface area contributed by atoms with Crippen molar-refractivity contribution in [2.75, 3.05) is 38.2 Å². The van der Waals surface area contributed by atoms with Crippen molar-refractivity contribution in [1.29, 1.82) is 0 Å². The molecule has 0 unspecified atom stereocenters. The van der Waals surface area contributed by atoms with Gasteiger partial charge in [0.25, 0.3) is 0 Å². The van der Waals surface area contributed by atoms with E-state index in [1.54, 1.807) is 7.11 Å². The molecule has 0 aliphatic carbocycles. The first-order chi connectivity index (χ1) is 11.7. The quantitative estimate of drug-likeness (QED) is 0.801. The lowest BCUT2D eigenvalue weighted by atomic mass is 10.00. The van der Waals surface area contributed by atoms with Gasteiger partial charge in [0.15, 0.2) is 0 Å². The zero-order valence-corrected chi connectivity index (χ0v) is 14.4. The van der Waals surface area contributed by atoms with Gasteiger partial charge in [-0.25, -0.2) is 0 Å². The predicted molar refractivity (Wildman–Crippen MR) is 100 cm³/mol. The Morgan fingerprint density at radius 1 is 1.04 bits per heavy atom. The van der Waals surface area contributed by atoms with Gasteiger partial charge in [0.2, 0.25) is 0 Å². The fourth-order valence-electron chi connectivity index (χ4n) is 3.40. The van der Waals surface area contributed by atoms with Gasteiger partial charge in [-0.2, -0.15) is 0 Å². The number of methoxy groups -OCH3 is 1. The molecule has 1 aliphatic rings. The number of nitrogens with zero attached hydrogens (tertiary/aromatic N) is 1. The highest BCUT2D eigenvalue weighted by atomic mass is 16.5. The summed E-state index contributed by atoms with van der Waals surface area (Å²) in [6.45, 7) is 3.57. The van der Waals surface area contributed by atoms with E-state index in [1.807, 2.05) is 18.2 Å². The summed E-state index contributed by atoms with van der Waals surface area (Å²) in [6.07, 6.45) is 4.46. The van der Waals surface area contributed by atoms with E-state index in [1.165, 1.54) is 37.1 Å². The molecule has 0 spiro atoms. The Hall–Kier alpha value is -2.20. The van der Waals surface area contributed by atoms with Crippen molar-refractivity contribution < 1.29 is 4.74 Å². The molecule has 0 amide bonds. The maximum absolute atomic E-state index is 6.09. The number of hydrogen-bond donors (Lipinski definition) is 2. The largest absolute Gasteiger partial charge is 0.496 e. The Bertz CT molecular complexity index is 693. The first kappa shape index (κ1) is 16.7. The van der Waals surface area contributed by atoms with Crippen LogP contribution in [0.5, 0.6) is 5.75 Å². The van der Waals surface area contributed by atoms with Gasteiger partial charge in [0, 0.05) is 6.54 Å². The standard InChI is InChI=1S/C20H27N3O/c1-24-19-14-15(13-17-5-4-6-18(21)20(17)22)7-8-16(19)9-12-23-10-2-3-11-23/h4-8,14H,2-3,9-13,21-22H2,1H3. The van der Waals surface area contributed by atoms with Crippen LogP contribution < -0.4 is 16.2 Å². The van der Waals surface area contributed by atoms with Crippen LogP contribution in [0.3, 0.4) is 0 Å². The van der Waals surface area contributed by atoms with Crippen LogP contribution in [0.15, 0.2) is 36.4 Å². The Kier molecular flexibility index (Phi) is 5.26. The molecule has 1 aliphatic heterocycles. The number of para-hydroxylation sites is 1. The Morgan fingerprint density at radius 2 is 1.83 bits per heavy atom. The normalized spacial score (nSPS) is 14.9. The number of nitrogens with two attached hydrogens (primary N) is 2. The molecular weight excluding hydrogens is 298 g/mol. The number of likely N-dealkylation sites (tertiary alicyclic amines) is 1. The highest BCUT2D eigenvalue weighted by Gasteiger charge is 2.13. The molecule has 1 heterocycles. The molecule has 4 N–H and O–H groups in total. The molecule has 4 heteroatoms. The van der Waals surface area contributed by atoms with Crippen LogP contribution in [0.25, 0.3) is 0 Å². The predicted octanol–water partition coefficient (Wildman–Crippen LogP) is 3.09. The Morgan fingerprint density at radius 3 is 2.58 bits per heavy atom. The molecule has 1 saturated heterocycles. The Labute approximate surface area is 144 Å². The lowest BCUT2D eigenvalue weighted by Crippen LogP contribution is -2.22. The molecule has 0 atom stereocenters. The molecule has 0 radical (unpaired) electrons. The van der Waals surface area contributed by atoms with Gasteiger partial charge in [-0.15, -0.1) is 0 Å². The molecule has 4 nitrogen and oxygen atoms in total. The van der Waals surface area contributed by atoms with E-state index >= 15 is 0 Å². The fraction of sp³-hybridized carbons (Fsp3) is 0.400. The molecule has 24 heavy (non-hydrogen) atoms. The van der Waals surface area contributed by atoms with Crippen LogP contribution in [-0.4, -0.2) is 31.6 Å².